The van der Waals surface area contributed by atoms with Crippen molar-refractivity contribution >= 4 is 17.3 Å². The molecule has 21 heavy (non-hydrogen) atoms. The predicted octanol–water partition coefficient (Wildman–Crippen LogP) is 4.00. The molecule has 4 heteroatoms. The van der Waals surface area contributed by atoms with Crippen LogP contribution in [-0.4, -0.2) is 22.9 Å². The van der Waals surface area contributed by atoms with Gasteiger partial charge in [0.1, 0.15) is 0 Å². The molecule has 1 aromatic rings. The minimum Gasteiger partial charge on any atom is -0.370 e. The van der Waals surface area contributed by atoms with Gasteiger partial charge in [0.2, 0.25) is 0 Å². The van der Waals surface area contributed by atoms with Crippen LogP contribution in [0.4, 0.5) is 0 Å². The highest BCUT2D eigenvalue weighted by Crippen LogP contribution is 2.39. The van der Waals surface area contributed by atoms with E-state index in [4.69, 9.17) is 5.73 Å². The van der Waals surface area contributed by atoms with E-state index in [1.165, 1.54) is 49.8 Å². The zero-order valence-electron chi connectivity index (χ0n) is 13.1. The first-order valence-corrected chi connectivity index (χ1v) is 9.21. The highest BCUT2D eigenvalue weighted by molar-refractivity contribution is 7.09. The second-order valence-electron chi connectivity index (χ2n) is 6.65. The van der Waals surface area contributed by atoms with Gasteiger partial charge in [-0.25, -0.2) is 0 Å². The van der Waals surface area contributed by atoms with E-state index in [0.717, 1.165) is 25.0 Å². The van der Waals surface area contributed by atoms with Crippen molar-refractivity contribution in [2.45, 2.75) is 64.0 Å². The van der Waals surface area contributed by atoms with Crippen LogP contribution >= 0.6 is 11.3 Å². The van der Waals surface area contributed by atoms with Crippen molar-refractivity contribution < 1.29 is 0 Å². The predicted molar refractivity (Wildman–Crippen MR) is 90.6 cm³/mol. The summed E-state index contributed by atoms with van der Waals surface area (Å²) < 4.78 is 0. The molecule has 2 heterocycles. The monoisotopic (exact) mass is 305 g/mol. The molecule has 2 N–H and O–H groups in total. The Morgan fingerprint density at radius 3 is 3.10 bits per heavy atom. The fraction of sp³-hybridized carbons (Fsp3) is 0.706. The van der Waals surface area contributed by atoms with E-state index < -0.39 is 0 Å². The van der Waals surface area contributed by atoms with Crippen molar-refractivity contribution in [3.8, 4) is 0 Å². The molecule has 3 rings (SSSR count). The molecule has 3 nitrogen and oxygen atoms in total. The van der Waals surface area contributed by atoms with Gasteiger partial charge in [0.25, 0.3) is 0 Å². The molecule has 1 aliphatic carbocycles. The summed E-state index contributed by atoms with van der Waals surface area (Å²) >= 11 is 1.82. The summed E-state index contributed by atoms with van der Waals surface area (Å²) in [5.74, 6) is 1.68. The van der Waals surface area contributed by atoms with Crippen LogP contribution in [0.15, 0.2) is 22.5 Å². The molecule has 2 unspecified atom stereocenters. The van der Waals surface area contributed by atoms with Crippen molar-refractivity contribution in [3.63, 3.8) is 0 Å². The van der Waals surface area contributed by atoms with Gasteiger partial charge in [0.05, 0.1) is 18.6 Å². The molecule has 116 valence electrons. The Balaban J connectivity index is 1.73. The summed E-state index contributed by atoms with van der Waals surface area (Å²) in [6, 6.07) is 4.33. The zero-order valence-corrected chi connectivity index (χ0v) is 13.9. The van der Waals surface area contributed by atoms with Crippen molar-refractivity contribution in [2.75, 3.05) is 6.54 Å². The highest BCUT2D eigenvalue weighted by atomic mass is 32.1. The lowest BCUT2D eigenvalue weighted by molar-refractivity contribution is 0.167. The molecule has 0 radical (unpaired) electrons. The lowest BCUT2D eigenvalue weighted by atomic mass is 9.88. The number of nitrogens with two attached hydrogens (primary N) is 1. The standard InChI is InChI=1S/C17H27N3S/c1-2-5-14-6-3-9-17(10-8-14)13-19-16(18)20(17)12-15-7-4-11-21-15/h4,7,11,14H,2-3,5-6,8-10,12-13H2,1H3,(H2,18,19). The van der Waals surface area contributed by atoms with Crippen LogP contribution in [0, 0.1) is 5.92 Å². The molecule has 1 aromatic heterocycles. The van der Waals surface area contributed by atoms with Crippen LogP contribution in [0.25, 0.3) is 0 Å². The van der Waals surface area contributed by atoms with E-state index in [0.29, 0.717) is 0 Å². The fourth-order valence-electron chi connectivity index (χ4n) is 4.04. The Morgan fingerprint density at radius 1 is 1.43 bits per heavy atom. The number of rotatable bonds is 4. The largest absolute Gasteiger partial charge is 0.370 e. The van der Waals surface area contributed by atoms with E-state index in [1.807, 2.05) is 11.3 Å². The Hall–Kier alpha value is -1.03. The number of nitrogens with zero attached hydrogens (tertiary/aromatic N) is 2. The SMILES string of the molecule is CCCC1CCCC2(CC1)CN=C(N)N2Cc1cccs1. The first-order valence-electron chi connectivity index (χ1n) is 8.33. The number of aliphatic imine (C=N–C) groups is 1. The molecule has 0 aromatic carbocycles. The topological polar surface area (TPSA) is 41.6 Å². The molecule has 0 amide bonds. The third kappa shape index (κ3) is 3.10. The molecule has 1 fully saturated rings. The Bertz CT molecular complexity index is 482. The van der Waals surface area contributed by atoms with Crippen LogP contribution in [-0.2, 0) is 6.54 Å². The highest BCUT2D eigenvalue weighted by Gasteiger charge is 2.43. The van der Waals surface area contributed by atoms with Crippen LogP contribution in [0.2, 0.25) is 0 Å². The van der Waals surface area contributed by atoms with Gasteiger partial charge in [0, 0.05) is 4.88 Å². The van der Waals surface area contributed by atoms with E-state index >= 15 is 0 Å². The average Bonchev–Trinajstić information content (AvgIpc) is 3.03. The maximum atomic E-state index is 6.23. The van der Waals surface area contributed by atoms with E-state index in [1.54, 1.807) is 0 Å². The third-order valence-corrected chi connectivity index (χ3v) is 6.11. The molecule has 2 atom stereocenters. The Labute approximate surface area is 132 Å². The summed E-state index contributed by atoms with van der Waals surface area (Å²) in [6.45, 7) is 4.15. The van der Waals surface area contributed by atoms with Gasteiger partial charge < -0.3 is 10.6 Å². The van der Waals surface area contributed by atoms with Gasteiger partial charge >= 0.3 is 0 Å². The smallest absolute Gasteiger partial charge is 0.192 e. The minimum absolute atomic E-state index is 0.205. The molecule has 0 saturated heterocycles. The van der Waals surface area contributed by atoms with Crippen LogP contribution in [0.1, 0.15) is 56.7 Å². The summed E-state index contributed by atoms with van der Waals surface area (Å²) in [4.78, 5) is 8.41. The first-order chi connectivity index (χ1) is 10.2. The summed E-state index contributed by atoms with van der Waals surface area (Å²) in [5.41, 5.74) is 6.43. The maximum absolute atomic E-state index is 6.23. The average molecular weight is 305 g/mol. The van der Waals surface area contributed by atoms with Crippen molar-refractivity contribution in [1.82, 2.24) is 4.90 Å². The van der Waals surface area contributed by atoms with Crippen molar-refractivity contribution in [1.29, 1.82) is 0 Å². The second-order valence-corrected chi connectivity index (χ2v) is 7.68. The normalized spacial score (nSPS) is 29.7. The lowest BCUT2D eigenvalue weighted by Gasteiger charge is -2.38. The van der Waals surface area contributed by atoms with Crippen molar-refractivity contribution in [3.05, 3.63) is 22.4 Å². The first kappa shape index (κ1) is 14.9. The lowest BCUT2D eigenvalue weighted by Crippen LogP contribution is -2.50. The van der Waals surface area contributed by atoms with Gasteiger partial charge in [0.15, 0.2) is 5.96 Å². The number of thiophene rings is 1. The van der Waals surface area contributed by atoms with Crippen LogP contribution in [0.3, 0.4) is 0 Å². The van der Waals surface area contributed by atoms with Gasteiger partial charge in [-0.05, 0) is 36.6 Å². The number of hydrogen-bond acceptors (Lipinski definition) is 4. The van der Waals surface area contributed by atoms with Crippen LogP contribution < -0.4 is 5.73 Å². The zero-order chi connectivity index (χ0) is 14.7. The second kappa shape index (κ2) is 6.39. The molecule has 0 bridgehead atoms. The van der Waals surface area contributed by atoms with E-state index in [-0.39, 0.29) is 5.54 Å². The number of hydrogen-bond donors (Lipinski definition) is 1. The third-order valence-electron chi connectivity index (χ3n) is 5.25. The van der Waals surface area contributed by atoms with Gasteiger partial charge in [-0.3, -0.25) is 4.99 Å². The summed E-state index contributed by atoms with van der Waals surface area (Å²) in [6.07, 6.45) is 9.27. The molecule has 2 aliphatic rings. The maximum Gasteiger partial charge on any atom is 0.192 e. The Kier molecular flexibility index (Phi) is 4.53. The molecule has 1 aliphatic heterocycles. The fourth-order valence-corrected chi connectivity index (χ4v) is 4.73. The van der Waals surface area contributed by atoms with Crippen molar-refractivity contribution in [2.24, 2.45) is 16.6 Å². The van der Waals surface area contributed by atoms with Gasteiger partial charge in [-0.15, -0.1) is 11.3 Å². The summed E-state index contributed by atoms with van der Waals surface area (Å²) in [7, 11) is 0. The van der Waals surface area contributed by atoms with Crippen LogP contribution in [0.5, 0.6) is 0 Å². The molecule has 1 saturated carbocycles. The minimum atomic E-state index is 0.205. The quantitative estimate of drug-likeness (QED) is 0.913. The molecular weight excluding hydrogens is 278 g/mol. The van der Waals surface area contributed by atoms with Gasteiger partial charge in [-0.2, -0.15) is 0 Å². The van der Waals surface area contributed by atoms with E-state index in [2.05, 4.69) is 34.3 Å². The summed E-state index contributed by atoms with van der Waals surface area (Å²) in [5, 5.41) is 2.15. The molecular formula is C17H27N3S. The number of guanidine groups is 1. The van der Waals surface area contributed by atoms with Gasteiger partial charge in [-0.1, -0.05) is 38.7 Å². The molecule has 1 spiro atoms. The Morgan fingerprint density at radius 2 is 2.33 bits per heavy atom. The van der Waals surface area contributed by atoms with E-state index in [9.17, 15) is 0 Å².